The highest BCUT2D eigenvalue weighted by atomic mass is 32.2. The molecule has 0 saturated carbocycles. The van der Waals surface area contributed by atoms with Crippen molar-refractivity contribution in [2.24, 2.45) is 5.84 Å². The lowest BCUT2D eigenvalue weighted by Crippen LogP contribution is -2.15. The van der Waals surface area contributed by atoms with Gasteiger partial charge in [0.1, 0.15) is 10.7 Å². The molecule has 0 unspecified atom stereocenters. The lowest BCUT2D eigenvalue weighted by atomic mass is 10.3. The molecule has 0 aliphatic rings. The number of hydrogen-bond acceptors (Lipinski definition) is 6. The zero-order chi connectivity index (χ0) is 13.9. The molecule has 1 heterocycles. The molecule has 0 aliphatic heterocycles. The second kappa shape index (κ2) is 5.16. The summed E-state index contributed by atoms with van der Waals surface area (Å²) in [6.45, 7) is 0. The number of nitrogen functional groups attached to an aromatic ring is 1. The van der Waals surface area contributed by atoms with Crippen molar-refractivity contribution in [2.45, 2.75) is 4.90 Å². The summed E-state index contributed by atoms with van der Waals surface area (Å²) < 4.78 is 38.9. The zero-order valence-electron chi connectivity index (χ0n) is 9.54. The topological polar surface area (TPSA) is 110 Å². The van der Waals surface area contributed by atoms with Crippen LogP contribution in [-0.4, -0.2) is 18.4 Å². The molecule has 2 rings (SSSR count). The number of benzene rings is 1. The van der Waals surface area contributed by atoms with Gasteiger partial charge >= 0.3 is 0 Å². The molecule has 7 nitrogen and oxygen atoms in total. The molecule has 0 radical (unpaired) electrons. The van der Waals surface area contributed by atoms with Crippen LogP contribution in [0.5, 0.6) is 0 Å². The van der Waals surface area contributed by atoms with Gasteiger partial charge in [0.2, 0.25) is 5.95 Å². The van der Waals surface area contributed by atoms with Gasteiger partial charge in [-0.3, -0.25) is 10.1 Å². The van der Waals surface area contributed by atoms with Gasteiger partial charge in [0.15, 0.2) is 0 Å². The lowest BCUT2D eigenvalue weighted by Gasteiger charge is -2.07. The molecule has 0 spiro atoms. The molecule has 0 atom stereocenters. The average molecular weight is 283 g/mol. The van der Waals surface area contributed by atoms with Gasteiger partial charge in [0.05, 0.1) is 12.4 Å². The molecule has 0 amide bonds. The number of nitrogens with two attached hydrogens (primary N) is 1. The third kappa shape index (κ3) is 3.14. The van der Waals surface area contributed by atoms with Crippen LogP contribution in [0.3, 0.4) is 0 Å². The molecule has 9 heteroatoms. The minimum Gasteiger partial charge on any atom is -0.292 e. The Labute approximate surface area is 108 Å². The Morgan fingerprint density at radius 3 is 2.21 bits per heavy atom. The van der Waals surface area contributed by atoms with E-state index in [9.17, 15) is 12.8 Å². The van der Waals surface area contributed by atoms with Gasteiger partial charge in [0.25, 0.3) is 10.0 Å². The van der Waals surface area contributed by atoms with Crippen LogP contribution < -0.4 is 16.0 Å². The van der Waals surface area contributed by atoms with E-state index in [-0.39, 0.29) is 16.5 Å². The molecular formula is C10H10FN5O2S. The molecule has 4 N–H and O–H groups in total. The number of anilines is 2. The summed E-state index contributed by atoms with van der Waals surface area (Å²) in [6, 6.07) is 4.92. The molecule has 0 fully saturated rings. The normalized spacial score (nSPS) is 11.1. The first-order valence-corrected chi connectivity index (χ1v) is 6.56. The predicted octanol–water partition coefficient (Wildman–Crippen LogP) is 0.702. The summed E-state index contributed by atoms with van der Waals surface area (Å²) in [7, 11) is -3.82. The number of hydrazine groups is 1. The first kappa shape index (κ1) is 13.2. The van der Waals surface area contributed by atoms with E-state index in [2.05, 4.69) is 20.1 Å². The summed E-state index contributed by atoms with van der Waals surface area (Å²) in [6.07, 6.45) is 2.21. The fourth-order valence-corrected chi connectivity index (χ4v) is 2.21. The molecule has 1 aromatic heterocycles. The quantitative estimate of drug-likeness (QED) is 0.563. The smallest absolute Gasteiger partial charge is 0.264 e. The molecule has 19 heavy (non-hydrogen) atoms. The van der Waals surface area contributed by atoms with Crippen LogP contribution in [0.25, 0.3) is 0 Å². The largest absolute Gasteiger partial charge is 0.292 e. The number of rotatable bonds is 4. The highest BCUT2D eigenvalue weighted by Gasteiger charge is 2.15. The van der Waals surface area contributed by atoms with E-state index < -0.39 is 15.8 Å². The molecule has 0 bridgehead atoms. The van der Waals surface area contributed by atoms with E-state index in [1.165, 1.54) is 12.1 Å². The second-order valence-corrected chi connectivity index (χ2v) is 5.18. The Hall–Kier alpha value is -2.26. The Morgan fingerprint density at radius 2 is 1.68 bits per heavy atom. The molecule has 100 valence electrons. The Kier molecular flexibility index (Phi) is 3.58. The fourth-order valence-electron chi connectivity index (χ4n) is 1.26. The van der Waals surface area contributed by atoms with E-state index in [4.69, 9.17) is 5.84 Å². The van der Waals surface area contributed by atoms with Crippen molar-refractivity contribution in [3.63, 3.8) is 0 Å². The number of nitrogens with zero attached hydrogens (tertiary/aromatic N) is 2. The Bertz CT molecular complexity index is 657. The number of halogens is 1. The van der Waals surface area contributed by atoms with Gasteiger partial charge < -0.3 is 0 Å². The first-order chi connectivity index (χ1) is 9.01. The maximum atomic E-state index is 12.7. The van der Waals surface area contributed by atoms with Crippen molar-refractivity contribution in [2.75, 3.05) is 10.1 Å². The van der Waals surface area contributed by atoms with Gasteiger partial charge in [-0.15, -0.1) is 0 Å². The number of sulfonamides is 1. The number of nitrogens with one attached hydrogen (secondary N) is 2. The van der Waals surface area contributed by atoms with E-state index in [1.807, 2.05) is 0 Å². The summed E-state index contributed by atoms with van der Waals surface area (Å²) in [5.41, 5.74) is 2.42. The lowest BCUT2D eigenvalue weighted by molar-refractivity contribution is 0.600. The van der Waals surface area contributed by atoms with Crippen molar-refractivity contribution < 1.29 is 12.8 Å². The monoisotopic (exact) mass is 283 g/mol. The molecule has 1 aromatic carbocycles. The van der Waals surface area contributed by atoms with Gasteiger partial charge in [-0.25, -0.2) is 28.6 Å². The Morgan fingerprint density at radius 1 is 1.11 bits per heavy atom. The van der Waals surface area contributed by atoms with E-state index in [1.54, 1.807) is 0 Å². The molecule has 2 aromatic rings. The first-order valence-electron chi connectivity index (χ1n) is 5.08. The summed E-state index contributed by atoms with van der Waals surface area (Å²) in [5, 5.41) is 0. The van der Waals surface area contributed by atoms with Crippen molar-refractivity contribution >= 4 is 21.7 Å². The molecule has 0 saturated heterocycles. The Balaban J connectivity index is 2.24. The summed E-state index contributed by atoms with van der Waals surface area (Å²) >= 11 is 0. The molecular weight excluding hydrogens is 273 g/mol. The SMILES string of the molecule is NNc1ncc(S(=O)(=O)Nc2ccc(F)cc2)cn1. The van der Waals surface area contributed by atoms with Gasteiger partial charge in [0, 0.05) is 5.69 Å². The van der Waals surface area contributed by atoms with Crippen LogP contribution in [0.15, 0.2) is 41.6 Å². The van der Waals surface area contributed by atoms with Crippen LogP contribution in [0.2, 0.25) is 0 Å². The van der Waals surface area contributed by atoms with Crippen LogP contribution in [-0.2, 0) is 10.0 Å². The van der Waals surface area contributed by atoms with Crippen molar-refractivity contribution in [3.8, 4) is 0 Å². The van der Waals surface area contributed by atoms with Gasteiger partial charge in [-0.05, 0) is 24.3 Å². The van der Waals surface area contributed by atoms with Crippen LogP contribution in [0.4, 0.5) is 16.0 Å². The van der Waals surface area contributed by atoms with Crippen LogP contribution in [0.1, 0.15) is 0 Å². The van der Waals surface area contributed by atoms with E-state index >= 15 is 0 Å². The van der Waals surface area contributed by atoms with E-state index in [0.29, 0.717) is 0 Å². The second-order valence-electron chi connectivity index (χ2n) is 3.50. The fraction of sp³-hybridized carbons (Fsp3) is 0. The highest BCUT2D eigenvalue weighted by molar-refractivity contribution is 7.92. The van der Waals surface area contributed by atoms with Crippen LogP contribution in [0, 0.1) is 5.82 Å². The minimum absolute atomic E-state index is 0.0979. The third-order valence-electron chi connectivity index (χ3n) is 2.16. The van der Waals surface area contributed by atoms with Crippen molar-refractivity contribution in [3.05, 3.63) is 42.5 Å². The zero-order valence-corrected chi connectivity index (χ0v) is 10.4. The maximum absolute atomic E-state index is 12.7. The maximum Gasteiger partial charge on any atom is 0.264 e. The third-order valence-corrected chi connectivity index (χ3v) is 3.50. The van der Waals surface area contributed by atoms with E-state index in [0.717, 1.165) is 24.5 Å². The predicted molar refractivity (Wildman–Crippen MR) is 67.1 cm³/mol. The van der Waals surface area contributed by atoms with Gasteiger partial charge in [-0.1, -0.05) is 0 Å². The summed E-state index contributed by atoms with van der Waals surface area (Å²) in [4.78, 5) is 7.26. The molecule has 0 aliphatic carbocycles. The summed E-state index contributed by atoms with van der Waals surface area (Å²) in [5.74, 6) is 4.71. The minimum atomic E-state index is -3.82. The highest BCUT2D eigenvalue weighted by Crippen LogP contribution is 2.15. The van der Waals surface area contributed by atoms with Crippen LogP contribution >= 0.6 is 0 Å². The number of aromatic nitrogens is 2. The van der Waals surface area contributed by atoms with Gasteiger partial charge in [-0.2, -0.15) is 0 Å². The average Bonchev–Trinajstić information content (AvgIpc) is 2.41. The standard InChI is InChI=1S/C10H10FN5O2S/c11-7-1-3-8(4-2-7)16-19(17,18)9-5-13-10(15-12)14-6-9/h1-6,16H,12H2,(H,13,14,15). The van der Waals surface area contributed by atoms with Crippen molar-refractivity contribution in [1.29, 1.82) is 0 Å². The van der Waals surface area contributed by atoms with Crippen molar-refractivity contribution in [1.82, 2.24) is 9.97 Å². The number of hydrogen-bond donors (Lipinski definition) is 3.